The van der Waals surface area contributed by atoms with Crippen molar-refractivity contribution in [2.45, 2.75) is 26.4 Å². The summed E-state index contributed by atoms with van der Waals surface area (Å²) in [7, 11) is 3.31. The first-order valence-corrected chi connectivity index (χ1v) is 10.2. The minimum Gasteiger partial charge on any atom is -0.492 e. The van der Waals surface area contributed by atoms with E-state index in [4.69, 9.17) is 10.00 Å². The molecule has 0 bridgehead atoms. The molecular formula is C23H20F3N7O. The summed E-state index contributed by atoms with van der Waals surface area (Å²) in [5.74, 6) is 0.765. The summed E-state index contributed by atoms with van der Waals surface area (Å²) < 4.78 is 48.6. The fourth-order valence-corrected chi connectivity index (χ4v) is 3.96. The number of rotatable bonds is 5. The Morgan fingerprint density at radius 1 is 1.09 bits per heavy atom. The summed E-state index contributed by atoms with van der Waals surface area (Å²) >= 11 is 0. The molecule has 0 atom stereocenters. The Morgan fingerprint density at radius 2 is 1.79 bits per heavy atom. The van der Waals surface area contributed by atoms with Gasteiger partial charge in [0.2, 0.25) is 0 Å². The number of nitriles is 1. The van der Waals surface area contributed by atoms with E-state index in [9.17, 15) is 13.2 Å². The topological polar surface area (TPSA) is 94.4 Å². The van der Waals surface area contributed by atoms with Crippen LogP contribution < -0.4 is 4.74 Å². The second-order valence-electron chi connectivity index (χ2n) is 7.64. The zero-order valence-corrected chi connectivity index (χ0v) is 18.8. The van der Waals surface area contributed by atoms with Gasteiger partial charge >= 0.3 is 6.18 Å². The third-order valence-corrected chi connectivity index (χ3v) is 5.41. The summed E-state index contributed by atoms with van der Waals surface area (Å²) in [6.07, 6.45) is -2.97. The van der Waals surface area contributed by atoms with Gasteiger partial charge in [0.15, 0.2) is 11.6 Å². The summed E-state index contributed by atoms with van der Waals surface area (Å²) in [5.41, 5.74) is 2.28. The molecule has 0 spiro atoms. The molecule has 0 aliphatic rings. The summed E-state index contributed by atoms with van der Waals surface area (Å²) in [6.45, 7) is 2.67. The van der Waals surface area contributed by atoms with E-state index < -0.39 is 11.7 Å². The van der Waals surface area contributed by atoms with E-state index in [0.29, 0.717) is 22.7 Å². The van der Waals surface area contributed by atoms with Crippen molar-refractivity contribution < 1.29 is 17.9 Å². The molecule has 0 aliphatic carbocycles. The van der Waals surface area contributed by atoms with Gasteiger partial charge in [-0.1, -0.05) is 12.1 Å². The molecule has 0 amide bonds. The molecule has 0 saturated heterocycles. The number of aryl methyl sites for hydroxylation is 2. The molecular weight excluding hydrogens is 447 g/mol. The molecule has 8 nitrogen and oxygen atoms in total. The van der Waals surface area contributed by atoms with Crippen LogP contribution in [0.3, 0.4) is 0 Å². The van der Waals surface area contributed by atoms with Crippen LogP contribution >= 0.6 is 0 Å². The Hall–Kier alpha value is -4.20. The highest BCUT2D eigenvalue weighted by Crippen LogP contribution is 2.36. The van der Waals surface area contributed by atoms with E-state index in [2.05, 4.69) is 26.2 Å². The lowest BCUT2D eigenvalue weighted by atomic mass is 10.1. The third kappa shape index (κ3) is 4.10. The van der Waals surface area contributed by atoms with Gasteiger partial charge in [-0.25, -0.2) is 14.6 Å². The van der Waals surface area contributed by atoms with Gasteiger partial charge in [-0.15, -0.1) is 0 Å². The van der Waals surface area contributed by atoms with Crippen LogP contribution in [0.25, 0.3) is 17.1 Å². The second-order valence-corrected chi connectivity index (χ2v) is 7.64. The van der Waals surface area contributed by atoms with E-state index in [1.165, 1.54) is 32.0 Å². The van der Waals surface area contributed by atoms with E-state index >= 15 is 0 Å². The molecule has 3 heterocycles. The van der Waals surface area contributed by atoms with E-state index in [1.807, 2.05) is 12.1 Å². The van der Waals surface area contributed by atoms with Crippen molar-refractivity contribution in [1.29, 1.82) is 5.26 Å². The van der Waals surface area contributed by atoms with Crippen LogP contribution in [0.4, 0.5) is 13.2 Å². The quantitative estimate of drug-likeness (QED) is 0.437. The Labute approximate surface area is 193 Å². The fourth-order valence-electron chi connectivity index (χ4n) is 3.96. The maximum atomic E-state index is 13.4. The van der Waals surface area contributed by atoms with Gasteiger partial charge in [0, 0.05) is 25.1 Å². The number of halogens is 3. The predicted octanol–water partition coefficient (Wildman–Crippen LogP) is 4.17. The van der Waals surface area contributed by atoms with Gasteiger partial charge in [-0.05, 0) is 26.0 Å². The summed E-state index contributed by atoms with van der Waals surface area (Å²) in [5, 5.41) is 17.6. The number of nitrogens with zero attached hydrogens (tertiary/aromatic N) is 7. The molecule has 0 N–H and O–H groups in total. The lowest BCUT2D eigenvalue weighted by Crippen LogP contribution is -2.09. The Kier molecular flexibility index (Phi) is 5.83. The van der Waals surface area contributed by atoms with Crippen molar-refractivity contribution >= 4 is 0 Å². The zero-order valence-electron chi connectivity index (χ0n) is 18.8. The minimum absolute atomic E-state index is 0.0480. The highest BCUT2D eigenvalue weighted by atomic mass is 19.4. The molecule has 0 fully saturated rings. The van der Waals surface area contributed by atoms with Crippen LogP contribution in [0, 0.1) is 25.2 Å². The average Bonchev–Trinajstić information content (AvgIpc) is 3.28. The van der Waals surface area contributed by atoms with Gasteiger partial charge in [-0.2, -0.15) is 28.6 Å². The molecule has 0 unspecified atom stereocenters. The molecule has 0 aliphatic heterocycles. The van der Waals surface area contributed by atoms with Crippen LogP contribution in [0.15, 0.2) is 36.7 Å². The van der Waals surface area contributed by atoms with Gasteiger partial charge < -0.3 is 4.74 Å². The highest BCUT2D eigenvalue weighted by Gasteiger charge is 2.37. The summed E-state index contributed by atoms with van der Waals surface area (Å²) in [4.78, 5) is 8.38. The molecule has 4 aromatic rings. The molecule has 174 valence electrons. The number of ether oxygens (including phenoxy) is 1. The number of methoxy groups -OCH3 is 1. The van der Waals surface area contributed by atoms with Crippen molar-refractivity contribution in [2.24, 2.45) is 7.05 Å². The SMILES string of the molecule is COc1c(Cc2cc(-n3nc(C)c(C(F)(F)F)c3C)ncn2)nn(C)c1-c1ccc(C#N)cc1. The lowest BCUT2D eigenvalue weighted by Gasteiger charge is -2.08. The molecule has 3 aromatic heterocycles. The van der Waals surface area contributed by atoms with Gasteiger partial charge in [0.25, 0.3) is 0 Å². The van der Waals surface area contributed by atoms with Crippen LogP contribution in [0.2, 0.25) is 0 Å². The number of hydrogen-bond donors (Lipinski definition) is 0. The van der Waals surface area contributed by atoms with Crippen LogP contribution in [-0.2, 0) is 19.6 Å². The van der Waals surface area contributed by atoms with Crippen molar-refractivity contribution in [3.8, 4) is 28.9 Å². The largest absolute Gasteiger partial charge is 0.492 e. The Balaban J connectivity index is 1.70. The van der Waals surface area contributed by atoms with Gasteiger partial charge in [0.1, 0.15) is 17.7 Å². The Morgan fingerprint density at radius 3 is 2.38 bits per heavy atom. The van der Waals surface area contributed by atoms with Crippen molar-refractivity contribution in [3.05, 3.63) is 70.6 Å². The molecule has 0 saturated carbocycles. The first-order chi connectivity index (χ1) is 16.1. The number of aromatic nitrogens is 6. The lowest BCUT2D eigenvalue weighted by molar-refractivity contribution is -0.138. The second kappa shape index (κ2) is 8.62. The maximum absolute atomic E-state index is 13.4. The Bertz CT molecular complexity index is 1400. The maximum Gasteiger partial charge on any atom is 0.419 e. The first kappa shape index (κ1) is 23.0. The van der Waals surface area contributed by atoms with Crippen LogP contribution in [-0.4, -0.2) is 36.6 Å². The number of alkyl halides is 3. The van der Waals surface area contributed by atoms with Crippen molar-refractivity contribution in [3.63, 3.8) is 0 Å². The highest BCUT2D eigenvalue weighted by molar-refractivity contribution is 5.69. The molecule has 34 heavy (non-hydrogen) atoms. The number of benzene rings is 1. The van der Waals surface area contributed by atoms with Gasteiger partial charge in [0.05, 0.1) is 41.4 Å². The van der Waals surface area contributed by atoms with Crippen molar-refractivity contribution in [2.75, 3.05) is 7.11 Å². The number of hydrogen-bond acceptors (Lipinski definition) is 6. The smallest absolute Gasteiger partial charge is 0.419 e. The van der Waals surface area contributed by atoms with Crippen LogP contribution in [0.1, 0.15) is 33.9 Å². The van der Waals surface area contributed by atoms with Crippen molar-refractivity contribution in [1.82, 2.24) is 29.5 Å². The van der Waals surface area contributed by atoms with E-state index in [0.717, 1.165) is 11.3 Å². The fraction of sp³-hybridized carbons (Fsp3) is 0.261. The standard InChI is InChI=1S/C23H20F3N7O/c1-13-20(23(24,25)26)14(2)33(30-13)19-10-17(28-12-29-19)9-18-22(34-4)21(32(3)31-18)16-7-5-15(11-27)6-8-16/h5-8,10,12H,9H2,1-4H3. The molecule has 4 rings (SSSR count). The molecule has 1 aromatic carbocycles. The monoisotopic (exact) mass is 467 g/mol. The van der Waals surface area contributed by atoms with E-state index in [1.54, 1.807) is 29.9 Å². The minimum atomic E-state index is -4.51. The zero-order chi connectivity index (χ0) is 24.6. The predicted molar refractivity (Wildman–Crippen MR) is 116 cm³/mol. The van der Waals surface area contributed by atoms with Crippen LogP contribution in [0.5, 0.6) is 5.75 Å². The summed E-state index contributed by atoms with van der Waals surface area (Å²) in [6, 6.07) is 10.7. The first-order valence-electron chi connectivity index (χ1n) is 10.2. The average molecular weight is 467 g/mol. The van der Waals surface area contributed by atoms with E-state index in [-0.39, 0.29) is 23.6 Å². The molecule has 11 heteroatoms. The van der Waals surface area contributed by atoms with Gasteiger partial charge in [-0.3, -0.25) is 4.68 Å². The third-order valence-electron chi connectivity index (χ3n) is 5.41. The molecule has 0 radical (unpaired) electrons. The normalized spacial score (nSPS) is 11.5.